The van der Waals surface area contributed by atoms with Crippen molar-refractivity contribution in [1.29, 1.82) is 0 Å². The number of halogens is 2. The second-order valence-corrected chi connectivity index (χ2v) is 4.15. The summed E-state index contributed by atoms with van der Waals surface area (Å²) in [6.07, 6.45) is -0.131. The molecule has 2 rings (SSSR count). The van der Waals surface area contributed by atoms with Crippen molar-refractivity contribution in [3.05, 3.63) is 70.8 Å². The molecule has 0 aliphatic carbocycles. The quantitative estimate of drug-likeness (QED) is 0.755. The molecule has 2 aromatic carbocycles. The average molecular weight is 246 g/mol. The Morgan fingerprint density at radius 2 is 1.83 bits per heavy atom. The van der Waals surface area contributed by atoms with Crippen LogP contribution in [0.1, 0.15) is 21.5 Å². The minimum Gasteiger partial charge on any atom is -0.294 e. The Balaban J connectivity index is 2.27. The molecule has 0 aliphatic heterocycles. The van der Waals surface area contributed by atoms with E-state index in [0.717, 1.165) is 23.8 Å². The number of benzene rings is 2. The highest BCUT2D eigenvalue weighted by Crippen LogP contribution is 2.15. The molecule has 0 spiro atoms. The fourth-order valence-electron chi connectivity index (χ4n) is 1.83. The van der Waals surface area contributed by atoms with E-state index >= 15 is 0 Å². The van der Waals surface area contributed by atoms with Crippen molar-refractivity contribution in [2.75, 3.05) is 0 Å². The molecule has 0 saturated heterocycles. The zero-order valence-electron chi connectivity index (χ0n) is 9.91. The SMILES string of the molecule is Cc1ccccc1C(=O)Cc1cc(F)ccc1F. The molecule has 3 heteroatoms. The largest absolute Gasteiger partial charge is 0.294 e. The molecule has 1 nitrogen and oxygen atoms in total. The first-order valence-corrected chi connectivity index (χ1v) is 5.60. The third-order valence-electron chi connectivity index (χ3n) is 2.80. The predicted octanol–water partition coefficient (Wildman–Crippen LogP) is 3.70. The Morgan fingerprint density at radius 1 is 1.11 bits per heavy atom. The summed E-state index contributed by atoms with van der Waals surface area (Å²) in [6.45, 7) is 1.81. The van der Waals surface area contributed by atoms with Gasteiger partial charge in [0.15, 0.2) is 5.78 Å². The summed E-state index contributed by atoms with van der Waals surface area (Å²) in [4.78, 5) is 12.0. The molecule has 0 radical (unpaired) electrons. The molecule has 0 aliphatic rings. The lowest BCUT2D eigenvalue weighted by Crippen LogP contribution is -2.07. The summed E-state index contributed by atoms with van der Waals surface area (Å²) < 4.78 is 26.4. The van der Waals surface area contributed by atoms with Crippen molar-refractivity contribution < 1.29 is 13.6 Å². The van der Waals surface area contributed by atoms with Crippen LogP contribution in [0.25, 0.3) is 0 Å². The highest BCUT2D eigenvalue weighted by atomic mass is 19.1. The van der Waals surface area contributed by atoms with Crippen molar-refractivity contribution in [2.24, 2.45) is 0 Å². The van der Waals surface area contributed by atoms with Crippen LogP contribution in [0.2, 0.25) is 0 Å². The normalized spacial score (nSPS) is 10.4. The fourth-order valence-corrected chi connectivity index (χ4v) is 1.83. The molecule has 0 atom stereocenters. The van der Waals surface area contributed by atoms with E-state index in [2.05, 4.69) is 0 Å². The van der Waals surface area contributed by atoms with Gasteiger partial charge in [-0.3, -0.25) is 4.79 Å². The first kappa shape index (κ1) is 12.4. The van der Waals surface area contributed by atoms with Crippen LogP contribution in [0.5, 0.6) is 0 Å². The molecular formula is C15H12F2O. The number of hydrogen-bond acceptors (Lipinski definition) is 1. The number of carbonyl (C=O) groups is 1. The van der Waals surface area contributed by atoms with Gasteiger partial charge in [0.25, 0.3) is 0 Å². The van der Waals surface area contributed by atoms with Gasteiger partial charge in [-0.2, -0.15) is 0 Å². The van der Waals surface area contributed by atoms with Gasteiger partial charge >= 0.3 is 0 Å². The van der Waals surface area contributed by atoms with Crippen molar-refractivity contribution in [3.8, 4) is 0 Å². The zero-order chi connectivity index (χ0) is 13.1. The Morgan fingerprint density at radius 3 is 2.56 bits per heavy atom. The first-order valence-electron chi connectivity index (χ1n) is 5.60. The summed E-state index contributed by atoms with van der Waals surface area (Å²) in [7, 11) is 0. The monoisotopic (exact) mass is 246 g/mol. The van der Waals surface area contributed by atoms with E-state index in [-0.39, 0.29) is 17.8 Å². The molecule has 18 heavy (non-hydrogen) atoms. The van der Waals surface area contributed by atoms with Crippen LogP contribution in [0.3, 0.4) is 0 Å². The van der Waals surface area contributed by atoms with Gasteiger partial charge in [0.1, 0.15) is 11.6 Å². The lowest BCUT2D eigenvalue weighted by molar-refractivity contribution is 0.0991. The number of rotatable bonds is 3. The van der Waals surface area contributed by atoms with Crippen LogP contribution in [0.15, 0.2) is 42.5 Å². The highest BCUT2D eigenvalue weighted by Gasteiger charge is 2.12. The second kappa shape index (κ2) is 5.08. The van der Waals surface area contributed by atoms with Crippen molar-refractivity contribution in [1.82, 2.24) is 0 Å². The minimum atomic E-state index is -0.557. The van der Waals surface area contributed by atoms with Crippen LogP contribution in [0, 0.1) is 18.6 Å². The van der Waals surface area contributed by atoms with E-state index in [0.29, 0.717) is 5.56 Å². The summed E-state index contributed by atoms with van der Waals surface area (Å²) in [5.41, 5.74) is 1.46. The van der Waals surface area contributed by atoms with Gasteiger partial charge in [0.2, 0.25) is 0 Å². The van der Waals surface area contributed by atoms with Crippen molar-refractivity contribution in [3.63, 3.8) is 0 Å². The first-order chi connectivity index (χ1) is 8.58. The highest BCUT2D eigenvalue weighted by molar-refractivity contribution is 5.98. The lowest BCUT2D eigenvalue weighted by atomic mass is 9.99. The van der Waals surface area contributed by atoms with Gasteiger partial charge < -0.3 is 0 Å². The number of aryl methyl sites for hydroxylation is 1. The van der Waals surface area contributed by atoms with Crippen LogP contribution in [-0.2, 0) is 6.42 Å². The van der Waals surface area contributed by atoms with E-state index < -0.39 is 11.6 Å². The number of ketones is 1. The summed E-state index contributed by atoms with van der Waals surface area (Å²) in [5, 5.41) is 0. The topological polar surface area (TPSA) is 17.1 Å². The zero-order valence-corrected chi connectivity index (χ0v) is 9.91. The average Bonchev–Trinajstić information content (AvgIpc) is 2.34. The smallest absolute Gasteiger partial charge is 0.167 e. The molecule has 0 heterocycles. The van der Waals surface area contributed by atoms with Crippen LogP contribution in [-0.4, -0.2) is 5.78 Å². The van der Waals surface area contributed by atoms with E-state index in [1.807, 2.05) is 19.1 Å². The maximum Gasteiger partial charge on any atom is 0.167 e. The number of Topliss-reactive ketones (excluding diaryl/α,β-unsaturated/α-hetero) is 1. The maximum atomic E-state index is 13.4. The Bertz CT molecular complexity index is 591. The molecule has 0 bridgehead atoms. The maximum absolute atomic E-state index is 13.4. The van der Waals surface area contributed by atoms with Gasteiger partial charge in [0.05, 0.1) is 0 Å². The third-order valence-corrected chi connectivity index (χ3v) is 2.80. The van der Waals surface area contributed by atoms with E-state index in [1.54, 1.807) is 12.1 Å². The third kappa shape index (κ3) is 2.62. The van der Waals surface area contributed by atoms with Gasteiger partial charge in [-0.25, -0.2) is 8.78 Å². The van der Waals surface area contributed by atoms with E-state index in [4.69, 9.17) is 0 Å². The van der Waals surface area contributed by atoms with Crippen LogP contribution < -0.4 is 0 Å². The number of carbonyl (C=O) groups excluding carboxylic acids is 1. The van der Waals surface area contributed by atoms with Crippen LogP contribution in [0.4, 0.5) is 8.78 Å². The Labute approximate surface area is 104 Å². The summed E-state index contributed by atoms with van der Waals surface area (Å²) in [5.74, 6) is -1.31. The number of hydrogen-bond donors (Lipinski definition) is 0. The summed E-state index contributed by atoms with van der Waals surface area (Å²) >= 11 is 0. The molecular weight excluding hydrogens is 234 g/mol. The lowest BCUT2D eigenvalue weighted by Gasteiger charge is -2.05. The molecule has 0 fully saturated rings. The predicted molar refractivity (Wildman–Crippen MR) is 65.6 cm³/mol. The minimum absolute atomic E-state index is 0.0863. The van der Waals surface area contributed by atoms with Crippen molar-refractivity contribution in [2.45, 2.75) is 13.3 Å². The van der Waals surface area contributed by atoms with E-state index in [1.165, 1.54) is 0 Å². The molecule has 0 amide bonds. The van der Waals surface area contributed by atoms with Gasteiger partial charge in [-0.15, -0.1) is 0 Å². The molecule has 92 valence electrons. The molecule has 0 N–H and O–H groups in total. The molecule has 0 saturated carbocycles. The van der Waals surface area contributed by atoms with Gasteiger partial charge in [-0.1, -0.05) is 24.3 Å². The van der Waals surface area contributed by atoms with Gasteiger partial charge in [0, 0.05) is 12.0 Å². The second-order valence-electron chi connectivity index (χ2n) is 4.15. The van der Waals surface area contributed by atoms with Gasteiger partial charge in [-0.05, 0) is 36.2 Å². The fraction of sp³-hybridized carbons (Fsp3) is 0.133. The standard InChI is InChI=1S/C15H12F2O/c1-10-4-2-3-5-13(10)15(18)9-11-8-12(16)6-7-14(11)17/h2-8H,9H2,1H3. The molecule has 2 aromatic rings. The molecule has 0 aromatic heterocycles. The molecule has 0 unspecified atom stereocenters. The summed E-state index contributed by atoms with van der Waals surface area (Å²) in [6, 6.07) is 10.2. The van der Waals surface area contributed by atoms with Crippen molar-refractivity contribution >= 4 is 5.78 Å². The Hall–Kier alpha value is -2.03. The van der Waals surface area contributed by atoms with E-state index in [9.17, 15) is 13.6 Å². The van der Waals surface area contributed by atoms with Crippen LogP contribution >= 0.6 is 0 Å². The Kier molecular flexibility index (Phi) is 3.51.